The molecule has 0 amide bonds. The number of benzene rings is 1. The van der Waals surface area contributed by atoms with Gasteiger partial charge < -0.3 is 4.74 Å². The van der Waals surface area contributed by atoms with Crippen LogP contribution in [0, 0.1) is 11.3 Å². The van der Waals surface area contributed by atoms with E-state index >= 15 is 0 Å². The standard InChI is InChI=1S/C12H8ClN3O/c1-17-12-15-10(8-5-3-2-4-6-8)9(7-14)11(13)16-12/h2-6H,1H3. The summed E-state index contributed by atoms with van der Waals surface area (Å²) in [6, 6.07) is 11.4. The summed E-state index contributed by atoms with van der Waals surface area (Å²) < 4.78 is 4.94. The van der Waals surface area contributed by atoms with Crippen molar-refractivity contribution in [2.24, 2.45) is 0 Å². The fourth-order valence-corrected chi connectivity index (χ4v) is 1.61. The van der Waals surface area contributed by atoms with Gasteiger partial charge in [-0.1, -0.05) is 41.9 Å². The van der Waals surface area contributed by atoms with E-state index < -0.39 is 0 Å². The van der Waals surface area contributed by atoms with E-state index in [1.807, 2.05) is 36.4 Å². The van der Waals surface area contributed by atoms with Gasteiger partial charge in [0.25, 0.3) is 0 Å². The molecule has 0 aliphatic rings. The van der Waals surface area contributed by atoms with Crippen LogP contribution in [0.2, 0.25) is 5.15 Å². The lowest BCUT2D eigenvalue weighted by Gasteiger charge is -2.06. The third kappa shape index (κ3) is 2.19. The lowest BCUT2D eigenvalue weighted by molar-refractivity contribution is 0.380. The Morgan fingerprint density at radius 3 is 2.53 bits per heavy atom. The molecule has 5 heteroatoms. The molecule has 17 heavy (non-hydrogen) atoms. The number of hydrogen-bond acceptors (Lipinski definition) is 4. The number of methoxy groups -OCH3 is 1. The highest BCUT2D eigenvalue weighted by atomic mass is 35.5. The Morgan fingerprint density at radius 2 is 1.94 bits per heavy atom. The maximum atomic E-state index is 9.07. The highest BCUT2D eigenvalue weighted by molar-refractivity contribution is 6.30. The zero-order valence-electron chi connectivity index (χ0n) is 9.01. The Hall–Kier alpha value is -2.12. The van der Waals surface area contributed by atoms with Crippen molar-refractivity contribution >= 4 is 11.6 Å². The summed E-state index contributed by atoms with van der Waals surface area (Å²) >= 11 is 5.91. The molecule has 0 unspecified atom stereocenters. The monoisotopic (exact) mass is 245 g/mol. The molecule has 1 aromatic carbocycles. The van der Waals surface area contributed by atoms with Crippen molar-refractivity contribution in [3.05, 3.63) is 41.0 Å². The van der Waals surface area contributed by atoms with Crippen molar-refractivity contribution in [1.29, 1.82) is 5.26 Å². The van der Waals surface area contributed by atoms with Gasteiger partial charge in [-0.2, -0.15) is 15.2 Å². The number of ether oxygens (including phenoxy) is 1. The van der Waals surface area contributed by atoms with Gasteiger partial charge in [0, 0.05) is 5.56 Å². The van der Waals surface area contributed by atoms with Crippen LogP contribution in [0.1, 0.15) is 5.56 Å². The zero-order chi connectivity index (χ0) is 12.3. The van der Waals surface area contributed by atoms with Gasteiger partial charge in [-0.25, -0.2) is 0 Å². The molecule has 2 rings (SSSR count). The van der Waals surface area contributed by atoms with Crippen molar-refractivity contribution < 1.29 is 4.74 Å². The van der Waals surface area contributed by atoms with Crippen LogP contribution in [-0.2, 0) is 0 Å². The first-order valence-corrected chi connectivity index (χ1v) is 5.21. The lowest BCUT2D eigenvalue weighted by Crippen LogP contribution is -1.98. The molecule has 1 heterocycles. The first kappa shape index (κ1) is 11.4. The molecule has 0 aliphatic carbocycles. The van der Waals surface area contributed by atoms with Crippen LogP contribution in [0.3, 0.4) is 0 Å². The maximum Gasteiger partial charge on any atom is 0.318 e. The molecule has 0 saturated heterocycles. The molecule has 0 bridgehead atoms. The average Bonchev–Trinajstić information content (AvgIpc) is 2.38. The van der Waals surface area contributed by atoms with Crippen LogP contribution in [0.5, 0.6) is 6.01 Å². The fraction of sp³-hybridized carbons (Fsp3) is 0.0833. The van der Waals surface area contributed by atoms with Crippen LogP contribution in [0.4, 0.5) is 0 Å². The fourth-order valence-electron chi connectivity index (χ4n) is 1.41. The van der Waals surface area contributed by atoms with E-state index in [4.69, 9.17) is 21.6 Å². The van der Waals surface area contributed by atoms with Crippen molar-refractivity contribution in [3.8, 4) is 23.3 Å². The molecule has 0 fully saturated rings. The number of hydrogen-bond donors (Lipinski definition) is 0. The van der Waals surface area contributed by atoms with Crippen LogP contribution in [0.15, 0.2) is 30.3 Å². The molecule has 0 spiro atoms. The van der Waals surface area contributed by atoms with Gasteiger partial charge in [-0.05, 0) is 0 Å². The predicted octanol–water partition coefficient (Wildman–Crippen LogP) is 2.68. The van der Waals surface area contributed by atoms with Gasteiger partial charge >= 0.3 is 6.01 Å². The Balaban J connectivity index is 2.68. The smallest absolute Gasteiger partial charge is 0.318 e. The van der Waals surface area contributed by atoms with E-state index in [1.54, 1.807) is 0 Å². The van der Waals surface area contributed by atoms with Crippen LogP contribution in [-0.4, -0.2) is 17.1 Å². The van der Waals surface area contributed by atoms with E-state index in [-0.39, 0.29) is 16.7 Å². The molecule has 0 saturated carbocycles. The van der Waals surface area contributed by atoms with Gasteiger partial charge in [-0.15, -0.1) is 0 Å². The third-order valence-corrected chi connectivity index (χ3v) is 2.46. The normalized spacial score (nSPS) is 9.71. The Kier molecular flexibility index (Phi) is 3.22. The topological polar surface area (TPSA) is 58.8 Å². The van der Waals surface area contributed by atoms with Crippen molar-refractivity contribution in [3.63, 3.8) is 0 Å². The molecule has 1 aromatic heterocycles. The number of rotatable bonds is 2. The minimum atomic E-state index is 0.0956. The molecule has 0 radical (unpaired) electrons. The second-order valence-corrected chi connectivity index (χ2v) is 3.56. The summed E-state index contributed by atoms with van der Waals surface area (Å²) in [6.45, 7) is 0. The maximum absolute atomic E-state index is 9.07. The van der Waals surface area contributed by atoms with Gasteiger partial charge in [0.15, 0.2) is 5.15 Å². The van der Waals surface area contributed by atoms with Gasteiger partial charge in [0.2, 0.25) is 0 Å². The molecule has 4 nitrogen and oxygen atoms in total. The molecule has 2 aromatic rings. The summed E-state index contributed by atoms with van der Waals surface area (Å²) in [4.78, 5) is 8.01. The minimum Gasteiger partial charge on any atom is -0.467 e. The van der Waals surface area contributed by atoms with Gasteiger partial charge in [-0.3, -0.25) is 0 Å². The largest absolute Gasteiger partial charge is 0.467 e. The quantitative estimate of drug-likeness (QED) is 0.764. The molecular weight excluding hydrogens is 238 g/mol. The molecule has 0 atom stereocenters. The Labute approximate surface area is 103 Å². The van der Waals surface area contributed by atoms with Crippen molar-refractivity contribution in [1.82, 2.24) is 9.97 Å². The minimum absolute atomic E-state index is 0.0956. The van der Waals surface area contributed by atoms with E-state index in [0.717, 1.165) is 5.56 Å². The summed E-state index contributed by atoms with van der Waals surface area (Å²) in [6.07, 6.45) is 0. The Bertz CT molecular complexity index is 578. The SMILES string of the molecule is COc1nc(Cl)c(C#N)c(-c2ccccc2)n1. The van der Waals surface area contributed by atoms with Gasteiger partial charge in [0.05, 0.1) is 12.8 Å². The van der Waals surface area contributed by atoms with E-state index in [9.17, 15) is 0 Å². The third-order valence-electron chi connectivity index (χ3n) is 2.19. The summed E-state index contributed by atoms with van der Waals surface area (Å²) in [5.41, 5.74) is 1.52. The predicted molar refractivity (Wildman–Crippen MR) is 63.7 cm³/mol. The number of nitriles is 1. The summed E-state index contributed by atoms with van der Waals surface area (Å²) in [5, 5.41) is 9.16. The van der Waals surface area contributed by atoms with Crippen LogP contribution < -0.4 is 4.74 Å². The second-order valence-electron chi connectivity index (χ2n) is 3.20. The number of nitrogens with zero attached hydrogens (tertiary/aromatic N) is 3. The van der Waals surface area contributed by atoms with E-state index in [0.29, 0.717) is 5.69 Å². The van der Waals surface area contributed by atoms with Crippen molar-refractivity contribution in [2.75, 3.05) is 7.11 Å². The number of aromatic nitrogens is 2. The van der Waals surface area contributed by atoms with Crippen molar-refractivity contribution in [2.45, 2.75) is 0 Å². The highest BCUT2D eigenvalue weighted by Crippen LogP contribution is 2.27. The molecule has 0 N–H and O–H groups in total. The molecule has 0 aliphatic heterocycles. The molecule has 84 valence electrons. The zero-order valence-corrected chi connectivity index (χ0v) is 9.77. The first-order chi connectivity index (χ1) is 8.26. The highest BCUT2D eigenvalue weighted by Gasteiger charge is 2.14. The van der Waals surface area contributed by atoms with Gasteiger partial charge in [0.1, 0.15) is 11.6 Å². The summed E-state index contributed by atoms with van der Waals surface area (Å²) in [7, 11) is 1.45. The van der Waals surface area contributed by atoms with Crippen LogP contribution >= 0.6 is 11.6 Å². The lowest BCUT2D eigenvalue weighted by atomic mass is 10.1. The molecular formula is C12H8ClN3O. The van der Waals surface area contributed by atoms with E-state index in [1.165, 1.54) is 7.11 Å². The van der Waals surface area contributed by atoms with E-state index in [2.05, 4.69) is 9.97 Å². The second kappa shape index (κ2) is 4.81. The Morgan fingerprint density at radius 1 is 1.24 bits per heavy atom. The number of halogens is 1. The average molecular weight is 246 g/mol. The first-order valence-electron chi connectivity index (χ1n) is 4.83. The summed E-state index contributed by atoms with van der Waals surface area (Å²) in [5.74, 6) is 0. The van der Waals surface area contributed by atoms with Crippen LogP contribution in [0.25, 0.3) is 11.3 Å².